The number of carbonyl (C=O) groups is 1. The molecule has 3 N–H and O–H groups in total. The summed E-state index contributed by atoms with van der Waals surface area (Å²) >= 11 is 0. The number of alkyl halides is 3. The third-order valence-corrected chi connectivity index (χ3v) is 2.10. The van der Waals surface area contributed by atoms with E-state index in [2.05, 4.69) is 5.32 Å². The molecule has 1 rings (SSSR count). The molecule has 0 aliphatic heterocycles. The summed E-state index contributed by atoms with van der Waals surface area (Å²) in [6.45, 7) is 1.03. The molecule has 0 atom stereocenters. The van der Waals surface area contributed by atoms with Crippen LogP contribution in [-0.2, 0) is 11.0 Å². The molecule has 0 aliphatic rings. The summed E-state index contributed by atoms with van der Waals surface area (Å²) < 4.78 is 37.5. The number of hydrogen-bond acceptors (Lipinski definition) is 2. The van der Waals surface area contributed by atoms with E-state index in [0.29, 0.717) is 0 Å². The number of nitrogens with two attached hydrogens (primary N) is 1. The Morgan fingerprint density at radius 3 is 2.47 bits per heavy atom. The van der Waals surface area contributed by atoms with E-state index in [1.54, 1.807) is 0 Å². The number of amides is 1. The zero-order valence-electron chi connectivity index (χ0n) is 8.97. The Labute approximate surface area is 103 Å². The lowest BCUT2D eigenvalue weighted by atomic mass is 10.1. The maximum atomic E-state index is 12.5. The number of anilines is 1. The average Bonchev–Trinajstić information content (AvgIpc) is 2.19. The Kier molecular flexibility index (Phi) is 5.44. The van der Waals surface area contributed by atoms with Gasteiger partial charge in [-0.05, 0) is 24.6 Å². The standard InChI is InChI=1S/C10H11F3N2O.ClH/c1-6-7(10(11,12)13)3-2-4-8(6)15-9(16)5-14;/h2-4H,5,14H2,1H3,(H,15,16);1H. The lowest BCUT2D eigenvalue weighted by Crippen LogP contribution is -2.22. The molecular formula is C10H12ClF3N2O. The Bertz CT molecular complexity index is 407. The summed E-state index contributed by atoms with van der Waals surface area (Å²) in [6.07, 6.45) is -4.42. The van der Waals surface area contributed by atoms with E-state index in [9.17, 15) is 18.0 Å². The Hall–Kier alpha value is -1.27. The third-order valence-electron chi connectivity index (χ3n) is 2.10. The first-order chi connectivity index (χ1) is 7.36. The van der Waals surface area contributed by atoms with Crippen LogP contribution >= 0.6 is 12.4 Å². The molecule has 0 aromatic heterocycles. The molecule has 1 aromatic rings. The van der Waals surface area contributed by atoms with Gasteiger partial charge in [0.1, 0.15) is 0 Å². The van der Waals surface area contributed by atoms with Gasteiger partial charge in [0.2, 0.25) is 5.91 Å². The highest BCUT2D eigenvalue weighted by molar-refractivity contribution is 5.93. The van der Waals surface area contributed by atoms with Crippen LogP contribution in [0.2, 0.25) is 0 Å². The molecule has 0 unspecified atom stereocenters. The highest BCUT2D eigenvalue weighted by atomic mass is 35.5. The first-order valence-corrected chi connectivity index (χ1v) is 4.53. The first-order valence-electron chi connectivity index (χ1n) is 4.53. The van der Waals surface area contributed by atoms with Gasteiger partial charge in [-0.15, -0.1) is 12.4 Å². The number of hydrogen-bond donors (Lipinski definition) is 2. The molecule has 0 spiro atoms. The molecule has 0 radical (unpaired) electrons. The zero-order valence-corrected chi connectivity index (χ0v) is 9.78. The Morgan fingerprint density at radius 2 is 2.00 bits per heavy atom. The summed E-state index contributed by atoms with van der Waals surface area (Å²) in [4.78, 5) is 11.0. The van der Waals surface area contributed by atoms with E-state index in [0.717, 1.165) is 6.07 Å². The van der Waals surface area contributed by atoms with Crippen LogP contribution in [0.5, 0.6) is 0 Å². The quantitative estimate of drug-likeness (QED) is 0.865. The van der Waals surface area contributed by atoms with Crippen LogP contribution < -0.4 is 11.1 Å². The van der Waals surface area contributed by atoms with Crippen molar-refractivity contribution in [1.29, 1.82) is 0 Å². The molecule has 96 valence electrons. The minimum absolute atomic E-state index is 0. The summed E-state index contributed by atoms with van der Waals surface area (Å²) in [7, 11) is 0. The average molecular weight is 269 g/mol. The van der Waals surface area contributed by atoms with Crippen LogP contribution in [0.1, 0.15) is 11.1 Å². The van der Waals surface area contributed by atoms with E-state index in [1.165, 1.54) is 19.1 Å². The van der Waals surface area contributed by atoms with Gasteiger partial charge in [0.25, 0.3) is 0 Å². The summed E-state index contributed by atoms with van der Waals surface area (Å²) in [5.74, 6) is -0.526. The lowest BCUT2D eigenvalue weighted by molar-refractivity contribution is -0.138. The number of rotatable bonds is 2. The fourth-order valence-electron chi connectivity index (χ4n) is 1.28. The summed E-state index contributed by atoms with van der Waals surface area (Å²) in [6, 6.07) is 3.60. The highest BCUT2D eigenvalue weighted by Crippen LogP contribution is 2.34. The molecule has 0 bridgehead atoms. The van der Waals surface area contributed by atoms with Gasteiger partial charge in [-0.2, -0.15) is 13.2 Å². The van der Waals surface area contributed by atoms with E-state index < -0.39 is 17.6 Å². The van der Waals surface area contributed by atoms with Crippen LogP contribution in [0.3, 0.4) is 0 Å². The molecular weight excluding hydrogens is 257 g/mol. The van der Waals surface area contributed by atoms with Crippen molar-refractivity contribution >= 4 is 24.0 Å². The summed E-state index contributed by atoms with van der Waals surface area (Å²) in [5, 5.41) is 2.31. The highest BCUT2D eigenvalue weighted by Gasteiger charge is 2.32. The first kappa shape index (κ1) is 15.7. The molecule has 0 saturated carbocycles. The van der Waals surface area contributed by atoms with Crippen molar-refractivity contribution in [2.45, 2.75) is 13.1 Å². The maximum Gasteiger partial charge on any atom is 0.416 e. The maximum absolute atomic E-state index is 12.5. The van der Waals surface area contributed by atoms with Crippen LogP contribution in [0.15, 0.2) is 18.2 Å². The molecule has 0 heterocycles. The molecule has 0 fully saturated rings. The van der Waals surface area contributed by atoms with Gasteiger partial charge in [0.05, 0.1) is 12.1 Å². The molecule has 0 aliphatic carbocycles. The van der Waals surface area contributed by atoms with Crippen molar-refractivity contribution in [3.8, 4) is 0 Å². The van der Waals surface area contributed by atoms with Crippen LogP contribution in [0.4, 0.5) is 18.9 Å². The fraction of sp³-hybridized carbons (Fsp3) is 0.300. The number of halogens is 4. The fourth-order valence-corrected chi connectivity index (χ4v) is 1.28. The second-order valence-corrected chi connectivity index (χ2v) is 3.23. The third kappa shape index (κ3) is 3.90. The SMILES string of the molecule is Cc1c(NC(=O)CN)cccc1C(F)(F)F.Cl. The second-order valence-electron chi connectivity index (χ2n) is 3.23. The van der Waals surface area contributed by atoms with Gasteiger partial charge in [-0.25, -0.2) is 0 Å². The van der Waals surface area contributed by atoms with Gasteiger partial charge < -0.3 is 11.1 Å². The van der Waals surface area contributed by atoms with Crippen molar-refractivity contribution in [2.24, 2.45) is 5.73 Å². The predicted molar refractivity (Wildman–Crippen MR) is 61.1 cm³/mol. The monoisotopic (exact) mass is 268 g/mol. The van der Waals surface area contributed by atoms with Crippen molar-refractivity contribution in [2.75, 3.05) is 11.9 Å². The Balaban J connectivity index is 0.00000256. The molecule has 1 amide bonds. The van der Waals surface area contributed by atoms with E-state index in [-0.39, 0.29) is 30.2 Å². The van der Waals surface area contributed by atoms with Gasteiger partial charge in [0.15, 0.2) is 0 Å². The smallest absolute Gasteiger partial charge is 0.325 e. The number of carbonyl (C=O) groups excluding carboxylic acids is 1. The van der Waals surface area contributed by atoms with Gasteiger partial charge >= 0.3 is 6.18 Å². The number of benzene rings is 1. The largest absolute Gasteiger partial charge is 0.416 e. The normalized spacial score (nSPS) is 10.6. The predicted octanol–water partition coefficient (Wildman–Crippen LogP) is 2.33. The Morgan fingerprint density at radius 1 is 1.41 bits per heavy atom. The van der Waals surface area contributed by atoms with Crippen molar-refractivity contribution in [3.63, 3.8) is 0 Å². The zero-order chi connectivity index (χ0) is 12.3. The van der Waals surface area contributed by atoms with Crippen LogP contribution in [-0.4, -0.2) is 12.5 Å². The van der Waals surface area contributed by atoms with Crippen molar-refractivity contribution in [3.05, 3.63) is 29.3 Å². The van der Waals surface area contributed by atoms with Crippen molar-refractivity contribution in [1.82, 2.24) is 0 Å². The van der Waals surface area contributed by atoms with E-state index in [4.69, 9.17) is 5.73 Å². The molecule has 0 saturated heterocycles. The molecule has 7 heteroatoms. The van der Waals surface area contributed by atoms with Crippen LogP contribution in [0.25, 0.3) is 0 Å². The number of nitrogens with one attached hydrogen (secondary N) is 1. The van der Waals surface area contributed by atoms with Gasteiger partial charge in [0, 0.05) is 5.69 Å². The minimum Gasteiger partial charge on any atom is -0.325 e. The topological polar surface area (TPSA) is 55.1 Å². The molecule has 1 aromatic carbocycles. The van der Waals surface area contributed by atoms with Crippen molar-refractivity contribution < 1.29 is 18.0 Å². The lowest BCUT2D eigenvalue weighted by Gasteiger charge is -2.14. The van der Waals surface area contributed by atoms with E-state index in [1.807, 2.05) is 0 Å². The second kappa shape index (κ2) is 5.88. The summed E-state index contributed by atoms with van der Waals surface area (Å²) in [5.41, 5.74) is 4.41. The van der Waals surface area contributed by atoms with Gasteiger partial charge in [-0.1, -0.05) is 6.07 Å². The van der Waals surface area contributed by atoms with Gasteiger partial charge in [-0.3, -0.25) is 4.79 Å². The molecule has 3 nitrogen and oxygen atoms in total. The van der Waals surface area contributed by atoms with E-state index >= 15 is 0 Å². The molecule has 17 heavy (non-hydrogen) atoms. The van der Waals surface area contributed by atoms with Crippen LogP contribution in [0, 0.1) is 6.92 Å². The minimum atomic E-state index is -4.42.